The van der Waals surface area contributed by atoms with Gasteiger partial charge in [0.25, 0.3) is 6.47 Å². The lowest BCUT2D eigenvalue weighted by molar-refractivity contribution is -0.123. The predicted molar refractivity (Wildman–Crippen MR) is 112 cm³/mol. The van der Waals surface area contributed by atoms with E-state index in [1.807, 2.05) is 43.3 Å². The minimum Gasteiger partial charge on any atom is -0.483 e. The van der Waals surface area contributed by atoms with Crippen molar-refractivity contribution in [2.24, 2.45) is 0 Å². The van der Waals surface area contributed by atoms with E-state index in [9.17, 15) is 14.0 Å². The van der Waals surface area contributed by atoms with Crippen molar-refractivity contribution < 1.29 is 23.9 Å². The number of hydrogen-bond acceptors (Lipinski definition) is 5. The number of carbonyl (C=O) groups excluding carboxylic acids is 2. The van der Waals surface area contributed by atoms with Crippen molar-refractivity contribution in [2.45, 2.75) is 19.3 Å². The number of amides is 2. The van der Waals surface area contributed by atoms with Crippen molar-refractivity contribution in [3.05, 3.63) is 71.7 Å². The number of aryl methyl sites for hydroxylation is 1. The summed E-state index contributed by atoms with van der Waals surface area (Å²) in [6, 6.07) is 15.3. The molecule has 8 nitrogen and oxygen atoms in total. The van der Waals surface area contributed by atoms with Crippen LogP contribution in [0.15, 0.2) is 54.6 Å². The summed E-state index contributed by atoms with van der Waals surface area (Å²) in [5, 5.41) is 12.2. The Morgan fingerprint density at radius 3 is 2.61 bits per heavy atom. The van der Waals surface area contributed by atoms with Crippen molar-refractivity contribution in [1.82, 2.24) is 9.97 Å². The molecule has 2 amide bonds. The molecule has 3 aromatic rings. The topological polar surface area (TPSA) is 121 Å². The van der Waals surface area contributed by atoms with Crippen LogP contribution < -0.4 is 10.6 Å². The van der Waals surface area contributed by atoms with E-state index in [-0.39, 0.29) is 24.7 Å². The molecule has 0 fully saturated rings. The molecule has 0 radical (unpaired) electrons. The summed E-state index contributed by atoms with van der Waals surface area (Å²) < 4.78 is 13.7. The first-order valence-electron chi connectivity index (χ1n) is 9.30. The Bertz CT molecular complexity index is 1120. The van der Waals surface area contributed by atoms with Crippen molar-refractivity contribution >= 4 is 29.9 Å². The first-order chi connectivity index (χ1) is 14.9. The van der Waals surface area contributed by atoms with Gasteiger partial charge in [-0.3, -0.25) is 19.7 Å². The van der Waals surface area contributed by atoms with Gasteiger partial charge in [0.05, 0.1) is 11.6 Å². The van der Waals surface area contributed by atoms with Gasteiger partial charge in [-0.1, -0.05) is 30.3 Å². The smallest absolute Gasteiger partial charge is 0.290 e. The van der Waals surface area contributed by atoms with Crippen LogP contribution in [0.1, 0.15) is 23.6 Å². The number of hydrogen-bond donors (Lipinski definition) is 3. The average molecular weight is 422 g/mol. The minimum absolute atomic E-state index is 0.0698. The van der Waals surface area contributed by atoms with E-state index in [2.05, 4.69) is 20.6 Å². The normalized spacial score (nSPS) is 14.4. The molecule has 0 aliphatic carbocycles. The fourth-order valence-electron chi connectivity index (χ4n) is 3.24. The maximum absolute atomic E-state index is 13.7. The third-order valence-corrected chi connectivity index (χ3v) is 4.53. The zero-order valence-corrected chi connectivity index (χ0v) is 16.5. The van der Waals surface area contributed by atoms with E-state index in [4.69, 9.17) is 9.90 Å². The molecule has 1 aliphatic heterocycles. The van der Waals surface area contributed by atoms with Gasteiger partial charge in [0, 0.05) is 23.4 Å². The lowest BCUT2D eigenvalue weighted by atomic mass is 9.89. The number of aromatic nitrogens is 2. The average Bonchev–Trinajstić information content (AvgIpc) is 2.74. The van der Waals surface area contributed by atoms with E-state index in [1.165, 1.54) is 18.2 Å². The summed E-state index contributed by atoms with van der Waals surface area (Å²) >= 11 is 0. The fraction of sp³-hybridized carbons (Fsp3) is 0.136. The van der Waals surface area contributed by atoms with Crippen LogP contribution in [-0.4, -0.2) is 33.4 Å². The van der Waals surface area contributed by atoms with Gasteiger partial charge in [0.2, 0.25) is 17.8 Å². The van der Waals surface area contributed by atoms with Crippen LogP contribution >= 0.6 is 0 Å². The molecule has 1 atom stereocenters. The van der Waals surface area contributed by atoms with E-state index in [0.717, 1.165) is 5.56 Å². The Balaban J connectivity index is 0.000000858. The van der Waals surface area contributed by atoms with Gasteiger partial charge in [-0.2, -0.15) is 0 Å². The number of halogens is 1. The Hall–Kier alpha value is -4.14. The lowest BCUT2D eigenvalue weighted by Crippen LogP contribution is -2.31. The van der Waals surface area contributed by atoms with Gasteiger partial charge < -0.3 is 10.4 Å². The van der Waals surface area contributed by atoms with E-state index >= 15 is 0 Å². The number of carboxylic acid groups (broad SMARTS) is 1. The van der Waals surface area contributed by atoms with Crippen LogP contribution in [0, 0.1) is 12.7 Å². The van der Waals surface area contributed by atoms with E-state index < -0.39 is 17.6 Å². The minimum atomic E-state index is -0.816. The molecule has 31 heavy (non-hydrogen) atoms. The second-order valence-electron chi connectivity index (χ2n) is 6.72. The SMILES string of the molecule is Cc1cc(-c2ccccc2)nc(NC(=O)C2CC(=O)Nc3ccc(F)cc32)n1.O=CO. The summed E-state index contributed by atoms with van der Waals surface area (Å²) in [4.78, 5) is 41.9. The molecule has 1 unspecified atom stereocenters. The van der Waals surface area contributed by atoms with Gasteiger partial charge in [0.1, 0.15) is 5.82 Å². The predicted octanol–water partition coefficient (Wildman–Crippen LogP) is 3.36. The van der Waals surface area contributed by atoms with Crippen LogP contribution in [0.25, 0.3) is 11.3 Å². The Morgan fingerprint density at radius 2 is 1.90 bits per heavy atom. The van der Waals surface area contributed by atoms with Crippen LogP contribution in [0.2, 0.25) is 0 Å². The first kappa shape index (κ1) is 21.6. The lowest BCUT2D eigenvalue weighted by Gasteiger charge is -2.24. The Morgan fingerprint density at radius 1 is 1.19 bits per heavy atom. The molecule has 0 saturated heterocycles. The maximum atomic E-state index is 13.7. The number of nitrogens with zero attached hydrogens (tertiary/aromatic N) is 2. The molecule has 0 saturated carbocycles. The van der Waals surface area contributed by atoms with Gasteiger partial charge >= 0.3 is 0 Å². The monoisotopic (exact) mass is 422 g/mol. The van der Waals surface area contributed by atoms with Crippen molar-refractivity contribution in [2.75, 3.05) is 10.6 Å². The summed E-state index contributed by atoms with van der Waals surface area (Å²) in [6.45, 7) is 1.56. The third kappa shape index (κ3) is 5.27. The molecular formula is C22H19FN4O4. The summed E-state index contributed by atoms with van der Waals surface area (Å²) in [7, 11) is 0. The van der Waals surface area contributed by atoms with Crippen LogP contribution in [0.3, 0.4) is 0 Å². The molecule has 1 aromatic heterocycles. The molecule has 158 valence electrons. The standard InChI is InChI=1S/C21H17FN4O2.CH2O2/c1-12-9-18(13-5-3-2-4-6-13)25-21(23-12)26-20(28)16-11-19(27)24-17-8-7-14(22)10-15(16)17;2-1-3/h2-10,16H,11H2,1H3,(H,24,27)(H,23,25,26,28);1H,(H,2,3). The van der Waals surface area contributed by atoms with E-state index in [0.29, 0.717) is 22.6 Å². The van der Waals surface area contributed by atoms with Crippen molar-refractivity contribution in [1.29, 1.82) is 0 Å². The number of rotatable bonds is 3. The number of carbonyl (C=O) groups is 3. The number of fused-ring (bicyclic) bond motifs is 1. The summed E-state index contributed by atoms with van der Waals surface area (Å²) in [6.07, 6.45) is -0.0698. The number of nitrogens with one attached hydrogen (secondary N) is 2. The van der Waals surface area contributed by atoms with Crippen molar-refractivity contribution in [3.63, 3.8) is 0 Å². The molecule has 9 heteroatoms. The molecular weight excluding hydrogens is 403 g/mol. The fourth-order valence-corrected chi connectivity index (χ4v) is 3.24. The quantitative estimate of drug-likeness (QED) is 0.557. The molecule has 2 aromatic carbocycles. The highest BCUT2D eigenvalue weighted by Crippen LogP contribution is 2.33. The second-order valence-corrected chi connectivity index (χ2v) is 6.72. The Labute approximate surface area is 177 Å². The Kier molecular flexibility index (Phi) is 6.66. The molecule has 4 rings (SSSR count). The van der Waals surface area contributed by atoms with Gasteiger partial charge in [-0.05, 0) is 36.8 Å². The zero-order chi connectivity index (χ0) is 22.4. The number of benzene rings is 2. The van der Waals surface area contributed by atoms with Gasteiger partial charge in [-0.15, -0.1) is 0 Å². The zero-order valence-electron chi connectivity index (χ0n) is 16.5. The first-order valence-corrected chi connectivity index (χ1v) is 9.30. The molecule has 2 heterocycles. The molecule has 0 spiro atoms. The highest BCUT2D eigenvalue weighted by molar-refractivity contribution is 6.04. The molecule has 0 bridgehead atoms. The van der Waals surface area contributed by atoms with E-state index in [1.54, 1.807) is 0 Å². The van der Waals surface area contributed by atoms with Crippen LogP contribution in [0.4, 0.5) is 16.0 Å². The van der Waals surface area contributed by atoms with Crippen LogP contribution in [-0.2, 0) is 14.4 Å². The van der Waals surface area contributed by atoms with Gasteiger partial charge in [0.15, 0.2) is 0 Å². The maximum Gasteiger partial charge on any atom is 0.290 e. The molecule has 3 N–H and O–H groups in total. The highest BCUT2D eigenvalue weighted by atomic mass is 19.1. The molecule has 1 aliphatic rings. The highest BCUT2D eigenvalue weighted by Gasteiger charge is 2.31. The number of anilines is 2. The second kappa shape index (κ2) is 9.57. The third-order valence-electron chi connectivity index (χ3n) is 4.53. The van der Waals surface area contributed by atoms with Crippen LogP contribution in [0.5, 0.6) is 0 Å². The van der Waals surface area contributed by atoms with Crippen molar-refractivity contribution in [3.8, 4) is 11.3 Å². The van der Waals surface area contributed by atoms with Gasteiger partial charge in [-0.25, -0.2) is 14.4 Å². The largest absolute Gasteiger partial charge is 0.483 e. The summed E-state index contributed by atoms with van der Waals surface area (Å²) in [5.74, 6) is -1.89. The summed E-state index contributed by atoms with van der Waals surface area (Å²) in [5.41, 5.74) is 3.14.